The molecule has 0 aliphatic heterocycles. The number of fused-ring (bicyclic) bond motifs is 3. The van der Waals surface area contributed by atoms with E-state index in [2.05, 4.69) is 6.92 Å². The van der Waals surface area contributed by atoms with Crippen molar-refractivity contribution >= 4 is 22.4 Å². The lowest BCUT2D eigenvalue weighted by Crippen LogP contribution is -2.22. The molecule has 0 heterocycles. The summed E-state index contributed by atoms with van der Waals surface area (Å²) in [6.45, 7) is 2.19. The average Bonchev–Trinajstić information content (AvgIpc) is 2.64. The Bertz CT molecular complexity index is 964. The monoisotopic (exact) mass is 370 g/mol. The van der Waals surface area contributed by atoms with Crippen LogP contribution in [-0.2, 0) is 6.42 Å². The molecule has 0 saturated carbocycles. The first-order valence-electron chi connectivity index (χ1n) is 9.25. The zero-order valence-corrected chi connectivity index (χ0v) is 15.5. The Balaban J connectivity index is 1.92. The van der Waals surface area contributed by atoms with Gasteiger partial charge in [0.15, 0.2) is 0 Å². The summed E-state index contributed by atoms with van der Waals surface area (Å²) in [5, 5.41) is 1.80. The fourth-order valence-electron chi connectivity index (χ4n) is 4.56. The van der Waals surface area contributed by atoms with Gasteiger partial charge in [0.25, 0.3) is 0 Å². The van der Waals surface area contributed by atoms with Crippen molar-refractivity contribution in [1.82, 2.24) is 0 Å². The lowest BCUT2D eigenvalue weighted by Gasteiger charge is -2.35. The molecule has 0 bridgehead atoms. The van der Waals surface area contributed by atoms with Crippen molar-refractivity contribution in [2.24, 2.45) is 5.92 Å². The Labute approximate surface area is 157 Å². The van der Waals surface area contributed by atoms with Gasteiger partial charge in [-0.1, -0.05) is 55.3 Å². The van der Waals surface area contributed by atoms with E-state index in [1.54, 1.807) is 18.2 Å². The van der Waals surface area contributed by atoms with Gasteiger partial charge in [-0.25, -0.2) is 8.78 Å². The Morgan fingerprint density at radius 1 is 1.00 bits per heavy atom. The second kappa shape index (κ2) is 7.00. The largest absolute Gasteiger partial charge is 0.206 e. The molecule has 0 radical (unpaired) electrons. The molecule has 1 aliphatic carbocycles. The molecule has 0 saturated heterocycles. The molecule has 134 valence electrons. The van der Waals surface area contributed by atoms with Gasteiger partial charge in [0.2, 0.25) is 0 Å². The molecule has 0 unspecified atom stereocenters. The van der Waals surface area contributed by atoms with E-state index in [1.165, 1.54) is 17.2 Å². The number of rotatable bonds is 3. The molecule has 0 nitrogen and oxygen atoms in total. The van der Waals surface area contributed by atoms with E-state index in [4.69, 9.17) is 11.6 Å². The normalized spacial score (nSPS) is 19.5. The Morgan fingerprint density at radius 3 is 2.62 bits per heavy atom. The molecule has 4 rings (SSSR count). The van der Waals surface area contributed by atoms with Gasteiger partial charge >= 0.3 is 0 Å². The van der Waals surface area contributed by atoms with Crippen LogP contribution in [0.3, 0.4) is 0 Å². The number of hydrogen-bond donors (Lipinski definition) is 0. The highest BCUT2D eigenvalue weighted by Crippen LogP contribution is 2.45. The maximum atomic E-state index is 14.2. The Hall–Kier alpha value is -1.93. The highest BCUT2D eigenvalue weighted by molar-refractivity contribution is 6.30. The summed E-state index contributed by atoms with van der Waals surface area (Å²) >= 11 is 5.90. The van der Waals surface area contributed by atoms with Gasteiger partial charge in [-0.3, -0.25) is 0 Å². The van der Waals surface area contributed by atoms with Gasteiger partial charge in [-0.15, -0.1) is 0 Å². The van der Waals surface area contributed by atoms with Crippen LogP contribution in [0.4, 0.5) is 8.78 Å². The van der Waals surface area contributed by atoms with Crippen molar-refractivity contribution in [3.05, 3.63) is 81.9 Å². The quantitative estimate of drug-likeness (QED) is 0.455. The lowest BCUT2D eigenvalue weighted by molar-refractivity contribution is 0.379. The van der Waals surface area contributed by atoms with Crippen LogP contribution in [0.1, 0.15) is 48.8 Å². The van der Waals surface area contributed by atoms with Gasteiger partial charge < -0.3 is 0 Å². The van der Waals surface area contributed by atoms with Crippen LogP contribution >= 0.6 is 11.6 Å². The van der Waals surface area contributed by atoms with Gasteiger partial charge in [-0.05, 0) is 65.5 Å². The van der Waals surface area contributed by atoms with Crippen LogP contribution in [-0.4, -0.2) is 0 Å². The minimum atomic E-state index is -0.377. The van der Waals surface area contributed by atoms with E-state index < -0.39 is 0 Å². The predicted molar refractivity (Wildman–Crippen MR) is 104 cm³/mol. The van der Waals surface area contributed by atoms with Crippen LogP contribution in [0.25, 0.3) is 10.8 Å². The molecule has 3 aromatic carbocycles. The van der Waals surface area contributed by atoms with E-state index in [0.717, 1.165) is 36.6 Å². The summed E-state index contributed by atoms with van der Waals surface area (Å²) < 4.78 is 28.4. The predicted octanol–water partition coefficient (Wildman–Crippen LogP) is 7.27. The highest BCUT2D eigenvalue weighted by atomic mass is 35.5. The number of benzene rings is 3. The summed E-state index contributed by atoms with van der Waals surface area (Å²) in [6.07, 6.45) is 4.16. The maximum absolute atomic E-state index is 14.2. The summed E-state index contributed by atoms with van der Waals surface area (Å²) in [5.74, 6) is 0.0191. The van der Waals surface area contributed by atoms with Crippen molar-refractivity contribution < 1.29 is 8.78 Å². The zero-order valence-electron chi connectivity index (χ0n) is 14.7. The number of aryl methyl sites for hydroxylation is 1. The van der Waals surface area contributed by atoms with Crippen LogP contribution in [0.5, 0.6) is 0 Å². The standard InChI is InChI=1S/C23H21ClF2/c1-2-4-14-7-9-17-16-5-3-6-21(25)18(16)10-11-19(17)23(14)15-8-12-20(24)22(26)13-15/h3,5-6,8,10-14,23H,2,4,7,9H2,1H3/t14-,23-/m1/s1. The van der Waals surface area contributed by atoms with E-state index in [9.17, 15) is 8.78 Å². The van der Waals surface area contributed by atoms with Gasteiger partial charge in [0.05, 0.1) is 5.02 Å². The van der Waals surface area contributed by atoms with Crippen LogP contribution < -0.4 is 0 Å². The average molecular weight is 371 g/mol. The SMILES string of the molecule is CCC[C@@H]1CCc2c(ccc3c(F)cccc23)[C@H]1c1ccc(Cl)c(F)c1. The first-order valence-corrected chi connectivity index (χ1v) is 9.63. The minimum Gasteiger partial charge on any atom is -0.206 e. The Kier molecular flexibility index (Phi) is 4.71. The zero-order chi connectivity index (χ0) is 18.3. The first kappa shape index (κ1) is 17.5. The molecule has 0 spiro atoms. The summed E-state index contributed by atoms with van der Waals surface area (Å²) in [4.78, 5) is 0. The van der Waals surface area contributed by atoms with E-state index >= 15 is 0 Å². The smallest absolute Gasteiger partial charge is 0.142 e. The molecule has 3 aromatic rings. The highest BCUT2D eigenvalue weighted by Gasteiger charge is 2.31. The first-order chi connectivity index (χ1) is 12.6. The van der Waals surface area contributed by atoms with Crippen molar-refractivity contribution in [3.8, 4) is 0 Å². The van der Waals surface area contributed by atoms with Crippen molar-refractivity contribution in [1.29, 1.82) is 0 Å². The molecule has 0 fully saturated rings. The molecule has 0 aromatic heterocycles. The number of halogens is 3. The molecule has 0 amide bonds. The summed E-state index contributed by atoms with van der Waals surface area (Å²) in [6, 6.07) is 14.3. The summed E-state index contributed by atoms with van der Waals surface area (Å²) in [5.41, 5.74) is 3.37. The van der Waals surface area contributed by atoms with E-state index in [1.807, 2.05) is 24.3 Å². The van der Waals surface area contributed by atoms with Crippen molar-refractivity contribution in [3.63, 3.8) is 0 Å². The second-order valence-corrected chi connectivity index (χ2v) is 7.61. The lowest BCUT2D eigenvalue weighted by atomic mass is 9.69. The molecular formula is C23H21ClF2. The third-order valence-electron chi connectivity index (χ3n) is 5.69. The molecular weight excluding hydrogens is 350 g/mol. The molecule has 3 heteroatoms. The third kappa shape index (κ3) is 2.91. The number of hydrogen-bond acceptors (Lipinski definition) is 0. The fraction of sp³-hybridized carbons (Fsp3) is 0.304. The van der Waals surface area contributed by atoms with Crippen LogP contribution in [0, 0.1) is 17.6 Å². The summed E-state index contributed by atoms with van der Waals surface area (Å²) in [7, 11) is 0. The van der Waals surface area contributed by atoms with E-state index in [0.29, 0.717) is 11.3 Å². The van der Waals surface area contributed by atoms with Crippen LogP contribution in [0.2, 0.25) is 5.02 Å². The third-order valence-corrected chi connectivity index (χ3v) is 6.00. The van der Waals surface area contributed by atoms with Crippen LogP contribution in [0.15, 0.2) is 48.5 Å². The van der Waals surface area contributed by atoms with E-state index in [-0.39, 0.29) is 22.6 Å². The maximum Gasteiger partial charge on any atom is 0.142 e. The van der Waals surface area contributed by atoms with Gasteiger partial charge in [0, 0.05) is 11.3 Å². The van der Waals surface area contributed by atoms with Crippen molar-refractivity contribution in [2.45, 2.75) is 38.5 Å². The topological polar surface area (TPSA) is 0 Å². The van der Waals surface area contributed by atoms with Gasteiger partial charge in [0.1, 0.15) is 11.6 Å². The fourth-order valence-corrected chi connectivity index (χ4v) is 4.68. The molecule has 0 N–H and O–H groups in total. The second-order valence-electron chi connectivity index (χ2n) is 7.21. The van der Waals surface area contributed by atoms with Gasteiger partial charge in [-0.2, -0.15) is 0 Å². The minimum absolute atomic E-state index is 0.123. The Morgan fingerprint density at radius 2 is 1.85 bits per heavy atom. The molecule has 2 atom stereocenters. The van der Waals surface area contributed by atoms with Crippen molar-refractivity contribution in [2.75, 3.05) is 0 Å². The molecule has 1 aliphatic rings. The molecule has 26 heavy (non-hydrogen) atoms.